The molecular weight excluding hydrogens is 208 g/mol. The molecule has 2 rings (SSSR count). The Balaban J connectivity index is 2.32. The molecule has 0 aliphatic carbocycles. The minimum Gasteiger partial charge on any atom is -0.464 e. The van der Waals surface area contributed by atoms with E-state index < -0.39 is 0 Å². The van der Waals surface area contributed by atoms with Crippen molar-refractivity contribution < 1.29 is 4.42 Å². The molecule has 0 radical (unpaired) electrons. The van der Waals surface area contributed by atoms with Crippen molar-refractivity contribution in [3.05, 3.63) is 45.5 Å². The van der Waals surface area contributed by atoms with Gasteiger partial charge in [-0.25, -0.2) is 5.43 Å². The predicted octanol–water partition coefficient (Wildman–Crippen LogP) is 2.51. The van der Waals surface area contributed by atoms with E-state index >= 15 is 0 Å². The van der Waals surface area contributed by atoms with Gasteiger partial charge in [-0.2, -0.15) is 0 Å². The van der Waals surface area contributed by atoms with Gasteiger partial charge in [0.2, 0.25) is 0 Å². The van der Waals surface area contributed by atoms with Crippen LogP contribution < -0.4 is 11.3 Å². The third-order valence-corrected chi connectivity index (χ3v) is 3.18. The van der Waals surface area contributed by atoms with E-state index in [1.165, 1.54) is 4.88 Å². The first kappa shape index (κ1) is 10.4. The second-order valence-corrected chi connectivity index (χ2v) is 4.65. The lowest BCUT2D eigenvalue weighted by Crippen LogP contribution is -2.28. The van der Waals surface area contributed by atoms with Crippen LogP contribution in [-0.2, 0) is 0 Å². The standard InChI is InChI=1S/C11H14N2OS/c1-7-3-4-10(14-7)11(13-12)9-5-8(2)15-6-9/h3-6,11,13H,12H2,1-2H3. The van der Waals surface area contributed by atoms with Crippen molar-refractivity contribution in [2.45, 2.75) is 19.9 Å². The van der Waals surface area contributed by atoms with E-state index in [9.17, 15) is 0 Å². The Labute approximate surface area is 92.9 Å². The minimum absolute atomic E-state index is 0.0522. The zero-order chi connectivity index (χ0) is 10.8. The SMILES string of the molecule is Cc1ccc(C(NN)c2csc(C)c2)o1. The third kappa shape index (κ3) is 2.12. The average molecular weight is 222 g/mol. The second kappa shape index (κ2) is 4.18. The molecule has 3 N–H and O–H groups in total. The molecule has 1 atom stereocenters. The van der Waals surface area contributed by atoms with Crippen molar-refractivity contribution in [1.29, 1.82) is 0 Å². The van der Waals surface area contributed by atoms with E-state index in [0.717, 1.165) is 17.1 Å². The molecule has 80 valence electrons. The number of hydrogen-bond donors (Lipinski definition) is 2. The monoisotopic (exact) mass is 222 g/mol. The summed E-state index contributed by atoms with van der Waals surface area (Å²) in [6, 6.07) is 5.96. The maximum absolute atomic E-state index is 5.56. The third-order valence-electron chi connectivity index (χ3n) is 2.30. The first-order valence-corrected chi connectivity index (χ1v) is 5.66. The summed E-state index contributed by atoms with van der Waals surface area (Å²) in [7, 11) is 0. The van der Waals surface area contributed by atoms with E-state index in [-0.39, 0.29) is 6.04 Å². The molecule has 0 bridgehead atoms. The molecule has 0 fully saturated rings. The van der Waals surface area contributed by atoms with Gasteiger partial charge in [0.05, 0.1) is 0 Å². The molecule has 3 nitrogen and oxygen atoms in total. The highest BCUT2D eigenvalue weighted by Gasteiger charge is 2.16. The van der Waals surface area contributed by atoms with E-state index in [1.54, 1.807) is 11.3 Å². The fourth-order valence-corrected chi connectivity index (χ4v) is 2.30. The lowest BCUT2D eigenvalue weighted by molar-refractivity contribution is 0.435. The number of nitrogens with one attached hydrogen (secondary N) is 1. The number of hydrazine groups is 1. The zero-order valence-electron chi connectivity index (χ0n) is 8.78. The Morgan fingerprint density at radius 1 is 1.40 bits per heavy atom. The number of rotatable bonds is 3. The van der Waals surface area contributed by atoms with Crippen molar-refractivity contribution in [1.82, 2.24) is 5.43 Å². The minimum atomic E-state index is -0.0522. The molecule has 2 aromatic heterocycles. The highest BCUT2D eigenvalue weighted by Crippen LogP contribution is 2.26. The van der Waals surface area contributed by atoms with Crippen LogP contribution in [0.2, 0.25) is 0 Å². The first-order valence-electron chi connectivity index (χ1n) is 4.78. The molecule has 0 saturated heterocycles. The van der Waals surface area contributed by atoms with Gasteiger partial charge in [-0.15, -0.1) is 11.3 Å². The highest BCUT2D eigenvalue weighted by molar-refractivity contribution is 7.10. The number of aryl methyl sites for hydroxylation is 2. The fourth-order valence-electron chi connectivity index (χ4n) is 1.57. The van der Waals surface area contributed by atoms with Gasteiger partial charge in [-0.3, -0.25) is 5.84 Å². The molecule has 4 heteroatoms. The van der Waals surface area contributed by atoms with Crippen molar-refractivity contribution in [3.63, 3.8) is 0 Å². The largest absolute Gasteiger partial charge is 0.464 e. The summed E-state index contributed by atoms with van der Waals surface area (Å²) in [4.78, 5) is 1.27. The van der Waals surface area contributed by atoms with Gasteiger partial charge >= 0.3 is 0 Å². The predicted molar refractivity (Wildman–Crippen MR) is 61.7 cm³/mol. The van der Waals surface area contributed by atoms with Gasteiger partial charge in [0, 0.05) is 4.88 Å². The van der Waals surface area contributed by atoms with Gasteiger partial charge in [0.15, 0.2) is 0 Å². The Hall–Kier alpha value is -1.10. The van der Waals surface area contributed by atoms with Gasteiger partial charge in [-0.1, -0.05) is 0 Å². The van der Waals surface area contributed by atoms with Crippen LogP contribution in [0.5, 0.6) is 0 Å². The van der Waals surface area contributed by atoms with Crippen LogP contribution in [0.25, 0.3) is 0 Å². The molecule has 0 spiro atoms. The number of thiophene rings is 1. The van der Waals surface area contributed by atoms with Crippen LogP contribution >= 0.6 is 11.3 Å². The van der Waals surface area contributed by atoms with Crippen LogP contribution in [0.4, 0.5) is 0 Å². The quantitative estimate of drug-likeness (QED) is 0.619. The van der Waals surface area contributed by atoms with Crippen LogP contribution in [-0.4, -0.2) is 0 Å². The molecule has 2 heterocycles. The lowest BCUT2D eigenvalue weighted by Gasteiger charge is -2.11. The van der Waals surface area contributed by atoms with Crippen LogP contribution in [0.15, 0.2) is 28.0 Å². The normalized spacial score (nSPS) is 13.0. The Bertz CT molecular complexity index is 407. The van der Waals surface area contributed by atoms with Crippen molar-refractivity contribution >= 4 is 11.3 Å². The second-order valence-electron chi connectivity index (χ2n) is 3.54. The number of hydrogen-bond acceptors (Lipinski definition) is 4. The summed E-state index contributed by atoms with van der Waals surface area (Å²) in [6.45, 7) is 4.01. The summed E-state index contributed by atoms with van der Waals surface area (Å²) >= 11 is 1.71. The molecule has 0 aliphatic heterocycles. The maximum atomic E-state index is 5.56. The Kier molecular flexibility index (Phi) is 2.90. The van der Waals surface area contributed by atoms with Gasteiger partial charge in [0.1, 0.15) is 17.6 Å². The van der Waals surface area contributed by atoms with Gasteiger partial charge in [-0.05, 0) is 43.0 Å². The van der Waals surface area contributed by atoms with E-state index in [2.05, 4.69) is 23.8 Å². The van der Waals surface area contributed by atoms with Gasteiger partial charge < -0.3 is 4.42 Å². The molecule has 0 aromatic carbocycles. The van der Waals surface area contributed by atoms with Crippen molar-refractivity contribution in [2.24, 2.45) is 5.84 Å². The summed E-state index contributed by atoms with van der Waals surface area (Å²) in [5.41, 5.74) is 3.92. The summed E-state index contributed by atoms with van der Waals surface area (Å²) in [6.07, 6.45) is 0. The first-order chi connectivity index (χ1) is 7.20. The summed E-state index contributed by atoms with van der Waals surface area (Å²) in [5.74, 6) is 7.30. The van der Waals surface area contributed by atoms with E-state index in [1.807, 2.05) is 19.1 Å². The lowest BCUT2D eigenvalue weighted by atomic mass is 10.1. The molecular formula is C11H14N2OS. The van der Waals surface area contributed by atoms with Crippen LogP contribution in [0, 0.1) is 13.8 Å². The molecule has 0 aliphatic rings. The summed E-state index contributed by atoms with van der Waals surface area (Å²) in [5, 5.41) is 2.09. The summed E-state index contributed by atoms with van der Waals surface area (Å²) < 4.78 is 5.56. The topological polar surface area (TPSA) is 51.2 Å². The van der Waals surface area contributed by atoms with Gasteiger partial charge in [0.25, 0.3) is 0 Å². The Morgan fingerprint density at radius 2 is 2.20 bits per heavy atom. The maximum Gasteiger partial charge on any atom is 0.126 e. The Morgan fingerprint density at radius 3 is 2.67 bits per heavy atom. The fraction of sp³-hybridized carbons (Fsp3) is 0.273. The molecule has 2 aromatic rings. The zero-order valence-corrected chi connectivity index (χ0v) is 9.60. The average Bonchev–Trinajstić information content (AvgIpc) is 2.78. The molecule has 0 amide bonds. The molecule has 15 heavy (non-hydrogen) atoms. The van der Waals surface area contributed by atoms with Crippen LogP contribution in [0.3, 0.4) is 0 Å². The van der Waals surface area contributed by atoms with E-state index in [4.69, 9.17) is 10.3 Å². The highest BCUT2D eigenvalue weighted by atomic mass is 32.1. The van der Waals surface area contributed by atoms with Crippen LogP contribution in [0.1, 0.15) is 28.0 Å². The number of furan rings is 1. The van der Waals surface area contributed by atoms with Crippen molar-refractivity contribution in [2.75, 3.05) is 0 Å². The molecule has 0 saturated carbocycles. The molecule has 1 unspecified atom stereocenters. The number of nitrogens with two attached hydrogens (primary N) is 1. The van der Waals surface area contributed by atoms with Crippen molar-refractivity contribution in [3.8, 4) is 0 Å². The van der Waals surface area contributed by atoms with E-state index in [0.29, 0.717) is 0 Å². The smallest absolute Gasteiger partial charge is 0.126 e.